The molecule has 8 heteroatoms. The van der Waals surface area contributed by atoms with E-state index in [1.165, 1.54) is 0 Å². The molecule has 3 aromatic rings. The fourth-order valence-electron chi connectivity index (χ4n) is 2.56. The number of hydrogen-bond donors (Lipinski definition) is 2. The number of nitrogens with one attached hydrogen (secondary N) is 1. The molecule has 0 bridgehead atoms. The van der Waals surface area contributed by atoms with Crippen molar-refractivity contribution in [1.82, 2.24) is 5.16 Å². The fourth-order valence-corrected chi connectivity index (χ4v) is 2.56. The quantitative estimate of drug-likeness (QED) is 0.606. The Kier molecular flexibility index (Phi) is 6.13. The van der Waals surface area contributed by atoms with Gasteiger partial charge < -0.3 is 25.0 Å². The normalized spacial score (nSPS) is 10.4. The first-order valence-corrected chi connectivity index (χ1v) is 8.89. The van der Waals surface area contributed by atoms with Crippen LogP contribution < -0.4 is 20.5 Å². The highest BCUT2D eigenvalue weighted by molar-refractivity contribution is 6.04. The van der Waals surface area contributed by atoms with Gasteiger partial charge in [0.1, 0.15) is 23.9 Å². The first-order valence-electron chi connectivity index (χ1n) is 8.89. The van der Waals surface area contributed by atoms with Gasteiger partial charge in [-0.05, 0) is 62.4 Å². The van der Waals surface area contributed by atoms with Gasteiger partial charge in [-0.1, -0.05) is 5.16 Å². The van der Waals surface area contributed by atoms with Gasteiger partial charge in [0.2, 0.25) is 0 Å². The Morgan fingerprint density at radius 3 is 2.21 bits per heavy atom. The molecule has 0 unspecified atom stereocenters. The summed E-state index contributed by atoms with van der Waals surface area (Å²) in [6.45, 7) is 3.84. The third-order valence-corrected chi connectivity index (χ3v) is 4.17. The zero-order valence-electron chi connectivity index (χ0n) is 16.1. The second-order valence-electron chi connectivity index (χ2n) is 6.35. The van der Waals surface area contributed by atoms with Gasteiger partial charge in [0.05, 0.1) is 11.3 Å². The van der Waals surface area contributed by atoms with Gasteiger partial charge in [0.25, 0.3) is 11.8 Å². The summed E-state index contributed by atoms with van der Waals surface area (Å²) >= 11 is 0. The van der Waals surface area contributed by atoms with Gasteiger partial charge in [0.15, 0.2) is 6.61 Å². The number of aromatic nitrogens is 1. The van der Waals surface area contributed by atoms with Crippen molar-refractivity contribution in [2.24, 2.45) is 5.73 Å². The smallest absolute Gasteiger partial charge is 0.255 e. The van der Waals surface area contributed by atoms with E-state index >= 15 is 0 Å². The Hall–Kier alpha value is -3.81. The molecule has 150 valence electrons. The Bertz CT molecular complexity index is 975. The molecule has 0 aliphatic carbocycles. The van der Waals surface area contributed by atoms with Crippen LogP contribution in [0, 0.1) is 13.8 Å². The Morgan fingerprint density at radius 2 is 1.62 bits per heavy atom. The number of anilines is 1. The molecule has 3 N–H and O–H groups in total. The number of hydrogen-bond acceptors (Lipinski definition) is 6. The highest BCUT2D eigenvalue weighted by Crippen LogP contribution is 2.19. The summed E-state index contributed by atoms with van der Waals surface area (Å²) in [5.41, 5.74) is 7.83. The molecule has 0 aliphatic rings. The first-order chi connectivity index (χ1) is 13.9. The Labute approximate surface area is 167 Å². The lowest BCUT2D eigenvalue weighted by molar-refractivity contribution is -0.119. The molecule has 0 fully saturated rings. The van der Waals surface area contributed by atoms with Crippen LogP contribution in [0.3, 0.4) is 0 Å². The minimum Gasteiger partial charge on any atom is -0.489 e. The van der Waals surface area contributed by atoms with Gasteiger partial charge in [0, 0.05) is 11.3 Å². The molecule has 2 aromatic carbocycles. The van der Waals surface area contributed by atoms with Crippen molar-refractivity contribution in [2.75, 3.05) is 11.9 Å². The van der Waals surface area contributed by atoms with Crippen molar-refractivity contribution in [1.29, 1.82) is 0 Å². The van der Waals surface area contributed by atoms with Crippen LogP contribution in [-0.4, -0.2) is 23.6 Å². The minimum absolute atomic E-state index is 0.198. The van der Waals surface area contributed by atoms with Crippen molar-refractivity contribution in [3.05, 3.63) is 71.1 Å². The highest BCUT2D eigenvalue weighted by Gasteiger charge is 2.10. The average Bonchev–Trinajstić information content (AvgIpc) is 3.03. The van der Waals surface area contributed by atoms with Crippen molar-refractivity contribution in [3.63, 3.8) is 0 Å². The molecule has 29 heavy (non-hydrogen) atoms. The summed E-state index contributed by atoms with van der Waals surface area (Å²) in [4.78, 5) is 23.1. The number of aryl methyl sites for hydroxylation is 2. The van der Waals surface area contributed by atoms with E-state index in [1.54, 1.807) is 48.5 Å². The van der Waals surface area contributed by atoms with E-state index in [2.05, 4.69) is 10.5 Å². The van der Waals surface area contributed by atoms with Crippen LogP contribution in [0.25, 0.3) is 0 Å². The maximum Gasteiger partial charge on any atom is 0.255 e. The van der Waals surface area contributed by atoms with Crippen LogP contribution >= 0.6 is 0 Å². The molecular weight excluding hydrogens is 374 g/mol. The lowest BCUT2D eigenvalue weighted by atomic mass is 10.2. The van der Waals surface area contributed by atoms with E-state index in [0.717, 1.165) is 17.0 Å². The lowest BCUT2D eigenvalue weighted by Gasteiger charge is -2.09. The average molecular weight is 395 g/mol. The van der Waals surface area contributed by atoms with Crippen molar-refractivity contribution in [3.8, 4) is 11.5 Å². The van der Waals surface area contributed by atoms with Gasteiger partial charge in [-0.3, -0.25) is 9.59 Å². The molecule has 1 heterocycles. The SMILES string of the molecule is Cc1noc(C)c1COc1ccc(C(=O)Nc2ccc(OCC(N)=O)cc2)cc1. The molecule has 0 spiro atoms. The molecule has 0 atom stereocenters. The Morgan fingerprint density at radius 1 is 1.00 bits per heavy atom. The maximum atomic E-state index is 12.4. The second kappa shape index (κ2) is 8.92. The van der Waals surface area contributed by atoms with E-state index in [1.807, 2.05) is 13.8 Å². The molecule has 2 amide bonds. The Balaban J connectivity index is 1.55. The zero-order chi connectivity index (χ0) is 20.8. The van der Waals surface area contributed by atoms with E-state index in [-0.39, 0.29) is 12.5 Å². The number of carbonyl (C=O) groups is 2. The van der Waals surface area contributed by atoms with Gasteiger partial charge in [-0.15, -0.1) is 0 Å². The zero-order valence-corrected chi connectivity index (χ0v) is 16.1. The highest BCUT2D eigenvalue weighted by atomic mass is 16.5. The monoisotopic (exact) mass is 395 g/mol. The number of nitrogens with two attached hydrogens (primary N) is 1. The van der Waals surface area contributed by atoms with Gasteiger partial charge >= 0.3 is 0 Å². The van der Waals surface area contributed by atoms with Crippen molar-refractivity contribution >= 4 is 17.5 Å². The van der Waals surface area contributed by atoms with Crippen LogP contribution in [0.15, 0.2) is 53.1 Å². The van der Waals surface area contributed by atoms with E-state index < -0.39 is 5.91 Å². The minimum atomic E-state index is -0.554. The summed E-state index contributed by atoms with van der Waals surface area (Å²) in [6.07, 6.45) is 0. The van der Waals surface area contributed by atoms with E-state index in [9.17, 15) is 9.59 Å². The molecule has 0 saturated heterocycles. The topological polar surface area (TPSA) is 117 Å². The third kappa shape index (κ3) is 5.35. The molecule has 3 rings (SSSR count). The largest absolute Gasteiger partial charge is 0.489 e. The summed E-state index contributed by atoms with van der Waals surface area (Å²) in [5, 5.41) is 6.68. The lowest BCUT2D eigenvalue weighted by Crippen LogP contribution is -2.20. The number of carbonyl (C=O) groups excluding carboxylic acids is 2. The van der Waals surface area contributed by atoms with Crippen molar-refractivity contribution < 1.29 is 23.6 Å². The van der Waals surface area contributed by atoms with Gasteiger partial charge in [-0.25, -0.2) is 0 Å². The third-order valence-electron chi connectivity index (χ3n) is 4.17. The van der Waals surface area contributed by atoms with Crippen LogP contribution in [-0.2, 0) is 11.4 Å². The summed E-state index contributed by atoms with van der Waals surface area (Å²) in [7, 11) is 0. The second-order valence-corrected chi connectivity index (χ2v) is 6.35. The van der Waals surface area contributed by atoms with Crippen LogP contribution in [0.2, 0.25) is 0 Å². The maximum absolute atomic E-state index is 12.4. The summed E-state index contributed by atoms with van der Waals surface area (Å²) in [6, 6.07) is 13.5. The summed E-state index contributed by atoms with van der Waals surface area (Å²) in [5.74, 6) is 1.04. The number of amides is 2. The predicted octanol–water partition coefficient (Wildman–Crippen LogP) is 2.99. The molecule has 1 aromatic heterocycles. The molecule has 0 saturated carbocycles. The molecule has 0 radical (unpaired) electrons. The van der Waals surface area contributed by atoms with E-state index in [0.29, 0.717) is 29.4 Å². The fraction of sp³-hybridized carbons (Fsp3) is 0.190. The predicted molar refractivity (Wildman–Crippen MR) is 106 cm³/mol. The number of benzene rings is 2. The number of rotatable bonds is 8. The van der Waals surface area contributed by atoms with Crippen LogP contribution in [0.5, 0.6) is 11.5 Å². The van der Waals surface area contributed by atoms with E-state index in [4.69, 9.17) is 19.7 Å². The molecule has 8 nitrogen and oxygen atoms in total. The molecular formula is C21H21N3O5. The van der Waals surface area contributed by atoms with Crippen LogP contribution in [0.4, 0.5) is 5.69 Å². The summed E-state index contributed by atoms with van der Waals surface area (Å²) < 4.78 is 16.0. The van der Waals surface area contributed by atoms with Crippen molar-refractivity contribution in [2.45, 2.75) is 20.5 Å². The van der Waals surface area contributed by atoms with Gasteiger partial charge in [-0.2, -0.15) is 0 Å². The number of ether oxygens (including phenoxy) is 2. The first kappa shape index (κ1) is 19.9. The van der Waals surface area contributed by atoms with Crippen LogP contribution in [0.1, 0.15) is 27.4 Å². The standard InChI is InChI=1S/C21H21N3O5/c1-13-19(14(2)29-24-13)11-27-17-7-3-15(4-8-17)21(26)23-16-5-9-18(10-6-16)28-12-20(22)25/h3-10H,11-12H2,1-2H3,(H2,22,25)(H,23,26). The molecule has 0 aliphatic heterocycles. The number of nitrogens with zero attached hydrogens (tertiary/aromatic N) is 1. The number of primary amides is 1.